The molecule has 1 N–H and O–H groups in total. The minimum absolute atomic E-state index is 0.385. The molecule has 0 spiro atoms. The summed E-state index contributed by atoms with van der Waals surface area (Å²) in [5.74, 6) is 0.385. The molecule has 3 aromatic rings. The van der Waals surface area contributed by atoms with E-state index in [1.165, 1.54) is 31.9 Å². The van der Waals surface area contributed by atoms with Gasteiger partial charge in [-0.1, -0.05) is 91.2 Å². The SMILES string of the molecule is C[Si]1(C)c2ccccc2-c2ccccc2[Si](C)(C)c2cc(O)ccc21. The monoisotopic (exact) mass is 360 g/mol. The topological polar surface area (TPSA) is 20.2 Å². The van der Waals surface area contributed by atoms with Gasteiger partial charge in [0.05, 0.1) is 0 Å². The van der Waals surface area contributed by atoms with Gasteiger partial charge in [-0.25, -0.2) is 0 Å². The van der Waals surface area contributed by atoms with Gasteiger partial charge < -0.3 is 5.11 Å². The molecule has 0 fully saturated rings. The van der Waals surface area contributed by atoms with Gasteiger partial charge in [0.15, 0.2) is 0 Å². The molecule has 0 bridgehead atoms. The second kappa shape index (κ2) is 5.45. The highest BCUT2D eigenvalue weighted by atomic mass is 28.3. The zero-order chi connectivity index (χ0) is 17.8. The fourth-order valence-electron chi connectivity index (χ4n) is 4.41. The second-order valence-corrected chi connectivity index (χ2v) is 16.7. The van der Waals surface area contributed by atoms with Crippen LogP contribution >= 0.6 is 0 Å². The quantitative estimate of drug-likeness (QED) is 0.611. The van der Waals surface area contributed by atoms with Gasteiger partial charge in [0.25, 0.3) is 0 Å². The van der Waals surface area contributed by atoms with Crippen LogP contribution in [-0.4, -0.2) is 21.3 Å². The summed E-state index contributed by atoms with van der Waals surface area (Å²) in [6, 6.07) is 23.9. The molecule has 25 heavy (non-hydrogen) atoms. The van der Waals surface area contributed by atoms with Crippen LogP contribution in [0.2, 0.25) is 26.2 Å². The van der Waals surface area contributed by atoms with Crippen molar-refractivity contribution < 1.29 is 5.11 Å². The molecule has 0 saturated heterocycles. The number of aromatic hydroxyl groups is 1. The van der Waals surface area contributed by atoms with Crippen molar-refractivity contribution in [1.29, 1.82) is 0 Å². The van der Waals surface area contributed by atoms with Gasteiger partial charge in [0.1, 0.15) is 21.9 Å². The lowest BCUT2D eigenvalue weighted by atomic mass is 10.1. The number of fused-ring (bicyclic) bond motifs is 4. The molecular formula is C22H24OSi2. The van der Waals surface area contributed by atoms with Crippen LogP contribution in [0.1, 0.15) is 0 Å². The Hall–Kier alpha value is -2.11. The van der Waals surface area contributed by atoms with E-state index in [0.29, 0.717) is 5.75 Å². The summed E-state index contributed by atoms with van der Waals surface area (Å²) in [5, 5.41) is 16.0. The molecule has 1 aliphatic heterocycles. The highest BCUT2D eigenvalue weighted by molar-refractivity contribution is 7.10. The summed E-state index contributed by atoms with van der Waals surface area (Å²) >= 11 is 0. The van der Waals surface area contributed by atoms with Crippen LogP contribution in [-0.2, 0) is 0 Å². The highest BCUT2D eigenvalue weighted by Gasteiger charge is 2.40. The molecule has 0 radical (unpaired) electrons. The smallest absolute Gasteiger partial charge is 0.115 e. The molecule has 1 nitrogen and oxygen atoms in total. The third kappa shape index (κ3) is 2.34. The third-order valence-corrected chi connectivity index (χ3v) is 13.2. The maximum Gasteiger partial charge on any atom is 0.115 e. The number of phenols is 1. The Balaban J connectivity index is 2.21. The predicted octanol–water partition coefficient (Wildman–Crippen LogP) is 3.02. The first-order chi connectivity index (χ1) is 11.8. The average molecular weight is 361 g/mol. The number of phenolic OH excluding ortho intramolecular Hbond substituents is 1. The zero-order valence-electron chi connectivity index (χ0n) is 15.3. The first-order valence-corrected chi connectivity index (χ1v) is 14.9. The molecule has 1 aliphatic rings. The Labute approximate surface area is 152 Å². The molecule has 126 valence electrons. The summed E-state index contributed by atoms with van der Waals surface area (Å²) in [4.78, 5) is 0. The summed E-state index contributed by atoms with van der Waals surface area (Å²) < 4.78 is 0. The lowest BCUT2D eigenvalue weighted by Gasteiger charge is -2.38. The number of hydrogen-bond donors (Lipinski definition) is 1. The maximum atomic E-state index is 10.2. The highest BCUT2D eigenvalue weighted by Crippen LogP contribution is 2.25. The van der Waals surface area contributed by atoms with Crippen LogP contribution in [0.15, 0.2) is 66.7 Å². The average Bonchev–Trinajstić information content (AvgIpc) is 2.61. The van der Waals surface area contributed by atoms with Crippen molar-refractivity contribution in [3.05, 3.63) is 66.7 Å². The third-order valence-electron chi connectivity index (χ3n) is 5.84. The fraction of sp³-hybridized carbons (Fsp3) is 0.182. The molecule has 3 heteroatoms. The van der Waals surface area contributed by atoms with Crippen LogP contribution in [0.4, 0.5) is 0 Å². The van der Waals surface area contributed by atoms with Crippen LogP contribution in [0.5, 0.6) is 5.75 Å². The van der Waals surface area contributed by atoms with E-state index < -0.39 is 16.1 Å². The van der Waals surface area contributed by atoms with Gasteiger partial charge in [-0.05, 0) is 33.6 Å². The lowest BCUT2D eigenvalue weighted by Crippen LogP contribution is -2.68. The summed E-state index contributed by atoms with van der Waals surface area (Å²) in [6.45, 7) is 9.73. The molecule has 0 aromatic heterocycles. The van der Waals surface area contributed by atoms with Gasteiger partial charge in [-0.15, -0.1) is 0 Å². The van der Waals surface area contributed by atoms with E-state index in [4.69, 9.17) is 0 Å². The van der Waals surface area contributed by atoms with E-state index in [-0.39, 0.29) is 0 Å². The van der Waals surface area contributed by atoms with Crippen LogP contribution in [0, 0.1) is 0 Å². The molecule has 3 aromatic carbocycles. The van der Waals surface area contributed by atoms with Crippen molar-refractivity contribution in [2.24, 2.45) is 0 Å². The van der Waals surface area contributed by atoms with Crippen LogP contribution < -0.4 is 20.7 Å². The Morgan fingerprint density at radius 3 is 1.60 bits per heavy atom. The molecule has 0 saturated carbocycles. The van der Waals surface area contributed by atoms with E-state index in [0.717, 1.165) is 0 Å². The Bertz CT molecular complexity index is 973. The van der Waals surface area contributed by atoms with Crippen molar-refractivity contribution in [1.82, 2.24) is 0 Å². The fourth-order valence-corrected chi connectivity index (χ4v) is 12.2. The number of rotatable bonds is 0. The van der Waals surface area contributed by atoms with Crippen molar-refractivity contribution in [2.45, 2.75) is 26.2 Å². The number of benzene rings is 3. The van der Waals surface area contributed by atoms with Gasteiger partial charge in [0, 0.05) is 0 Å². The standard InChI is InChI=1S/C22H24OSi2/c1-24(2)19-11-7-5-9-17(19)18-10-6-8-12-20(18)25(3,4)22-15-16(23)13-14-21(22)24/h5-15,23H,1-4H3. The normalized spacial score (nSPS) is 16.8. The second-order valence-electron chi connectivity index (χ2n) is 8.07. The largest absolute Gasteiger partial charge is 0.508 e. The zero-order valence-corrected chi connectivity index (χ0v) is 17.3. The van der Waals surface area contributed by atoms with Gasteiger partial charge in [-0.3, -0.25) is 0 Å². The summed E-state index contributed by atoms with van der Waals surface area (Å²) in [6.07, 6.45) is 0. The Morgan fingerprint density at radius 2 is 1.04 bits per heavy atom. The summed E-state index contributed by atoms with van der Waals surface area (Å²) in [5.41, 5.74) is 2.78. The molecule has 0 unspecified atom stereocenters. The number of hydrogen-bond acceptors (Lipinski definition) is 1. The van der Waals surface area contributed by atoms with E-state index >= 15 is 0 Å². The van der Waals surface area contributed by atoms with Gasteiger partial charge in [0.2, 0.25) is 0 Å². The van der Waals surface area contributed by atoms with Crippen molar-refractivity contribution in [3.63, 3.8) is 0 Å². The molecule has 0 aliphatic carbocycles. The predicted molar refractivity (Wildman–Crippen MR) is 113 cm³/mol. The van der Waals surface area contributed by atoms with E-state index in [2.05, 4.69) is 80.8 Å². The van der Waals surface area contributed by atoms with E-state index in [9.17, 15) is 5.11 Å². The van der Waals surface area contributed by atoms with Crippen LogP contribution in [0.25, 0.3) is 11.1 Å². The van der Waals surface area contributed by atoms with Crippen LogP contribution in [0.3, 0.4) is 0 Å². The summed E-state index contributed by atoms with van der Waals surface area (Å²) in [7, 11) is -3.80. The molecule has 4 rings (SSSR count). The lowest BCUT2D eigenvalue weighted by molar-refractivity contribution is 0.476. The van der Waals surface area contributed by atoms with E-state index in [1.807, 2.05) is 12.1 Å². The minimum Gasteiger partial charge on any atom is -0.508 e. The molecule has 1 heterocycles. The Kier molecular flexibility index (Phi) is 3.57. The first-order valence-electron chi connectivity index (χ1n) is 8.87. The van der Waals surface area contributed by atoms with Crippen molar-refractivity contribution >= 4 is 36.9 Å². The first kappa shape index (κ1) is 16.4. The van der Waals surface area contributed by atoms with Gasteiger partial charge in [-0.2, -0.15) is 0 Å². The van der Waals surface area contributed by atoms with E-state index in [1.54, 1.807) is 0 Å². The molecular weight excluding hydrogens is 336 g/mol. The molecule has 0 atom stereocenters. The minimum atomic E-state index is -1.93. The van der Waals surface area contributed by atoms with Gasteiger partial charge >= 0.3 is 0 Å². The van der Waals surface area contributed by atoms with Crippen molar-refractivity contribution in [3.8, 4) is 16.9 Å². The Morgan fingerprint density at radius 1 is 0.560 bits per heavy atom. The molecule has 0 amide bonds. The maximum absolute atomic E-state index is 10.2. The van der Waals surface area contributed by atoms with Crippen molar-refractivity contribution in [2.75, 3.05) is 0 Å².